The van der Waals surface area contributed by atoms with Crippen LogP contribution >= 0.6 is 11.6 Å². The average molecular weight is 512 g/mol. The molecule has 3 aromatic carbocycles. The van der Waals surface area contributed by atoms with E-state index in [1.807, 2.05) is 79.7 Å². The van der Waals surface area contributed by atoms with Crippen LogP contribution in [0.15, 0.2) is 79.0 Å². The van der Waals surface area contributed by atoms with Gasteiger partial charge >= 0.3 is 0 Å². The SMILES string of the molecule is CN(C)CC(=O)N(C)c1ccc(NC(=C2C(=O)Nc3cc(Cl)ccc32)c2ccc3ncccc3c2)cc1. The van der Waals surface area contributed by atoms with Crippen molar-refractivity contribution < 1.29 is 9.59 Å². The van der Waals surface area contributed by atoms with Gasteiger partial charge in [0.05, 0.1) is 29.0 Å². The van der Waals surface area contributed by atoms with Crippen LogP contribution in [0.1, 0.15) is 11.1 Å². The first-order valence-corrected chi connectivity index (χ1v) is 12.2. The Hall–Kier alpha value is -4.20. The lowest BCUT2D eigenvalue weighted by atomic mass is 9.99. The molecule has 0 unspecified atom stereocenters. The maximum Gasteiger partial charge on any atom is 0.258 e. The molecule has 7 nitrogen and oxygen atoms in total. The Morgan fingerprint density at radius 1 is 1.00 bits per heavy atom. The van der Waals surface area contributed by atoms with Gasteiger partial charge in [0.1, 0.15) is 0 Å². The van der Waals surface area contributed by atoms with Gasteiger partial charge in [-0.15, -0.1) is 0 Å². The molecule has 1 aliphatic heterocycles. The molecule has 0 radical (unpaired) electrons. The fourth-order valence-corrected chi connectivity index (χ4v) is 4.51. The molecule has 0 spiro atoms. The molecule has 0 saturated carbocycles. The quantitative estimate of drug-likeness (QED) is 0.341. The maximum atomic E-state index is 13.2. The summed E-state index contributed by atoms with van der Waals surface area (Å²) in [5, 5.41) is 7.92. The number of carbonyl (C=O) groups excluding carboxylic acids is 2. The zero-order chi connectivity index (χ0) is 26.1. The van der Waals surface area contributed by atoms with Gasteiger partial charge in [0, 0.05) is 40.6 Å². The van der Waals surface area contributed by atoms with Crippen molar-refractivity contribution in [3.63, 3.8) is 0 Å². The van der Waals surface area contributed by atoms with Crippen LogP contribution in [0, 0.1) is 0 Å². The number of aromatic nitrogens is 1. The summed E-state index contributed by atoms with van der Waals surface area (Å²) in [5.74, 6) is -0.215. The van der Waals surface area contributed by atoms with E-state index in [9.17, 15) is 9.59 Å². The van der Waals surface area contributed by atoms with Crippen molar-refractivity contribution in [3.8, 4) is 0 Å². The van der Waals surface area contributed by atoms with Gasteiger partial charge < -0.3 is 20.4 Å². The molecule has 0 saturated heterocycles. The standard InChI is InChI=1S/C29H26ClN5O2/c1-34(2)17-26(36)35(3)22-10-8-21(9-11-22)32-28(19-6-13-24-18(15-19)5-4-14-31-24)27-23-12-7-20(30)16-25(23)33-29(27)37/h4-16,32H,17H2,1-3H3,(H,33,37). The van der Waals surface area contributed by atoms with Crippen LogP contribution in [-0.4, -0.2) is 49.4 Å². The Morgan fingerprint density at radius 3 is 2.54 bits per heavy atom. The summed E-state index contributed by atoms with van der Waals surface area (Å²) in [4.78, 5) is 33.5. The summed E-state index contributed by atoms with van der Waals surface area (Å²) in [6.07, 6.45) is 1.76. The van der Waals surface area contributed by atoms with Crippen molar-refractivity contribution in [3.05, 3.63) is 95.1 Å². The van der Waals surface area contributed by atoms with E-state index in [0.717, 1.165) is 33.4 Å². The first-order chi connectivity index (χ1) is 17.8. The third-order valence-corrected chi connectivity index (χ3v) is 6.45. The number of pyridine rings is 1. The van der Waals surface area contributed by atoms with Gasteiger partial charge in [-0.1, -0.05) is 29.8 Å². The van der Waals surface area contributed by atoms with Crippen molar-refractivity contribution >= 4 is 62.7 Å². The van der Waals surface area contributed by atoms with Gasteiger partial charge in [-0.25, -0.2) is 0 Å². The number of benzene rings is 3. The van der Waals surface area contributed by atoms with Crippen LogP contribution < -0.4 is 15.5 Å². The molecule has 1 aromatic heterocycles. The van der Waals surface area contributed by atoms with Crippen molar-refractivity contribution in [1.82, 2.24) is 9.88 Å². The molecule has 186 valence electrons. The van der Waals surface area contributed by atoms with Gasteiger partial charge in [-0.05, 0) is 74.3 Å². The van der Waals surface area contributed by atoms with Crippen LogP contribution in [0.4, 0.5) is 17.1 Å². The number of fused-ring (bicyclic) bond motifs is 2. The summed E-state index contributed by atoms with van der Waals surface area (Å²) in [6.45, 7) is 0.322. The number of halogens is 1. The first-order valence-electron chi connectivity index (χ1n) is 11.8. The van der Waals surface area contributed by atoms with Crippen molar-refractivity contribution in [1.29, 1.82) is 0 Å². The molecule has 4 aromatic rings. The summed E-state index contributed by atoms with van der Waals surface area (Å²) < 4.78 is 0. The molecule has 5 rings (SSSR count). The molecular formula is C29H26ClN5O2. The number of hydrogen-bond acceptors (Lipinski definition) is 5. The zero-order valence-electron chi connectivity index (χ0n) is 20.7. The van der Waals surface area contributed by atoms with Crippen molar-refractivity contribution in [2.75, 3.05) is 43.2 Å². The number of nitrogens with one attached hydrogen (secondary N) is 2. The Bertz CT molecular complexity index is 1550. The van der Waals surface area contributed by atoms with Gasteiger partial charge in [0.15, 0.2) is 0 Å². The lowest BCUT2D eigenvalue weighted by molar-refractivity contribution is -0.119. The molecule has 2 N–H and O–H groups in total. The molecule has 8 heteroatoms. The molecule has 0 aliphatic carbocycles. The Balaban J connectivity index is 1.56. The summed E-state index contributed by atoms with van der Waals surface area (Å²) in [7, 11) is 5.49. The summed E-state index contributed by atoms with van der Waals surface area (Å²) in [5.41, 5.74) is 5.90. The van der Waals surface area contributed by atoms with Crippen LogP contribution in [0.2, 0.25) is 5.02 Å². The predicted molar refractivity (Wildman–Crippen MR) is 151 cm³/mol. The fraction of sp³-hybridized carbons (Fsp3) is 0.138. The number of amides is 2. The van der Waals surface area contributed by atoms with Crippen molar-refractivity contribution in [2.45, 2.75) is 0 Å². The van der Waals surface area contributed by atoms with Gasteiger partial charge in [-0.3, -0.25) is 14.6 Å². The van der Waals surface area contributed by atoms with E-state index in [1.165, 1.54) is 0 Å². The molecule has 0 fully saturated rings. The Kier molecular flexibility index (Phi) is 6.65. The molecule has 0 bridgehead atoms. The fourth-order valence-electron chi connectivity index (χ4n) is 4.34. The normalized spacial score (nSPS) is 13.9. The zero-order valence-corrected chi connectivity index (χ0v) is 21.5. The van der Waals surface area contributed by atoms with Gasteiger partial charge in [0.25, 0.3) is 5.91 Å². The van der Waals surface area contributed by atoms with E-state index in [0.29, 0.717) is 28.5 Å². The van der Waals surface area contributed by atoms with Crippen LogP contribution in [0.5, 0.6) is 0 Å². The highest BCUT2D eigenvalue weighted by molar-refractivity contribution is 6.38. The minimum Gasteiger partial charge on any atom is -0.354 e. The van der Waals surface area contributed by atoms with Gasteiger partial charge in [0.2, 0.25) is 5.91 Å². The molecule has 2 heterocycles. The van der Waals surface area contributed by atoms with E-state index < -0.39 is 0 Å². The Morgan fingerprint density at radius 2 is 1.78 bits per heavy atom. The largest absolute Gasteiger partial charge is 0.354 e. The molecule has 0 atom stereocenters. The molecule has 2 amide bonds. The first kappa shape index (κ1) is 24.5. The smallest absolute Gasteiger partial charge is 0.258 e. The Labute approximate surface area is 220 Å². The van der Waals surface area contributed by atoms with E-state index in [-0.39, 0.29) is 11.8 Å². The number of rotatable bonds is 6. The average Bonchev–Trinajstić information content (AvgIpc) is 3.21. The second kappa shape index (κ2) is 10.0. The van der Waals surface area contributed by atoms with Crippen LogP contribution in [-0.2, 0) is 9.59 Å². The second-order valence-electron chi connectivity index (χ2n) is 9.17. The number of likely N-dealkylation sites (N-methyl/N-ethyl adjacent to an activating group) is 2. The van der Waals surface area contributed by atoms with Crippen molar-refractivity contribution in [2.24, 2.45) is 0 Å². The third-order valence-electron chi connectivity index (χ3n) is 6.22. The minimum absolute atomic E-state index is 0.00353. The molecule has 1 aliphatic rings. The highest BCUT2D eigenvalue weighted by Gasteiger charge is 2.29. The molecule has 37 heavy (non-hydrogen) atoms. The second-order valence-corrected chi connectivity index (χ2v) is 9.60. The summed E-state index contributed by atoms with van der Waals surface area (Å²) >= 11 is 6.18. The topological polar surface area (TPSA) is 77.6 Å². The van der Waals surface area contributed by atoms with E-state index in [4.69, 9.17) is 11.6 Å². The van der Waals surface area contributed by atoms with E-state index in [2.05, 4.69) is 15.6 Å². The third kappa shape index (κ3) is 5.05. The van der Waals surface area contributed by atoms with Crippen LogP contribution in [0.25, 0.3) is 22.2 Å². The van der Waals surface area contributed by atoms with Crippen LogP contribution in [0.3, 0.4) is 0 Å². The predicted octanol–water partition coefficient (Wildman–Crippen LogP) is 5.35. The number of nitrogens with zero attached hydrogens (tertiary/aromatic N) is 3. The molecular weight excluding hydrogens is 486 g/mol. The number of hydrogen-bond donors (Lipinski definition) is 2. The monoisotopic (exact) mass is 511 g/mol. The summed E-state index contributed by atoms with van der Waals surface area (Å²) in [6, 6.07) is 22.7. The van der Waals surface area contributed by atoms with Gasteiger partial charge in [-0.2, -0.15) is 0 Å². The van der Waals surface area contributed by atoms with E-state index >= 15 is 0 Å². The lowest BCUT2D eigenvalue weighted by Crippen LogP contribution is -2.34. The highest BCUT2D eigenvalue weighted by Crippen LogP contribution is 2.39. The minimum atomic E-state index is -0.211. The lowest BCUT2D eigenvalue weighted by Gasteiger charge is -2.20. The highest BCUT2D eigenvalue weighted by atomic mass is 35.5. The van der Waals surface area contributed by atoms with E-state index in [1.54, 1.807) is 30.3 Å². The maximum absolute atomic E-state index is 13.2. The number of carbonyl (C=O) groups is 2. The number of anilines is 3.